The van der Waals surface area contributed by atoms with Crippen molar-refractivity contribution in [1.29, 1.82) is 0 Å². The van der Waals surface area contributed by atoms with Gasteiger partial charge in [0, 0.05) is 16.8 Å². The maximum absolute atomic E-state index is 11.5. The molecule has 0 aliphatic carbocycles. The van der Waals surface area contributed by atoms with E-state index in [9.17, 15) is 19.8 Å². The standard InChI is InChI=1S/C14H21NO6S/c1-14(2,3)21-13(19)15-6-9(16)11(17)10-5-8(7-22-10)12(18)20-4/h5,7,9,11,16-17H,6H2,1-4H3,(H,15,19). The first-order chi connectivity index (χ1) is 10.1. The van der Waals surface area contributed by atoms with Gasteiger partial charge < -0.3 is 25.0 Å². The number of esters is 1. The van der Waals surface area contributed by atoms with Crippen molar-refractivity contribution in [2.75, 3.05) is 13.7 Å². The number of ether oxygens (including phenoxy) is 2. The van der Waals surface area contributed by atoms with Gasteiger partial charge in [0.15, 0.2) is 0 Å². The summed E-state index contributed by atoms with van der Waals surface area (Å²) < 4.78 is 9.59. The average molecular weight is 331 g/mol. The van der Waals surface area contributed by atoms with Crippen LogP contribution in [0.3, 0.4) is 0 Å². The number of aliphatic hydroxyl groups excluding tert-OH is 2. The summed E-state index contributed by atoms with van der Waals surface area (Å²) in [6.07, 6.45) is -3.13. The van der Waals surface area contributed by atoms with Crippen LogP contribution < -0.4 is 5.32 Å². The van der Waals surface area contributed by atoms with E-state index >= 15 is 0 Å². The summed E-state index contributed by atoms with van der Waals surface area (Å²) in [6, 6.07) is 1.44. The molecule has 1 aromatic rings. The van der Waals surface area contributed by atoms with Crippen LogP contribution in [-0.4, -0.2) is 47.6 Å². The number of carbonyl (C=O) groups is 2. The van der Waals surface area contributed by atoms with Crippen LogP contribution in [0.5, 0.6) is 0 Å². The van der Waals surface area contributed by atoms with E-state index in [-0.39, 0.29) is 6.54 Å². The molecule has 0 saturated carbocycles. The number of amides is 1. The molecule has 0 saturated heterocycles. The number of nitrogens with one attached hydrogen (secondary N) is 1. The molecular weight excluding hydrogens is 310 g/mol. The first kappa shape index (κ1) is 18.4. The van der Waals surface area contributed by atoms with E-state index < -0.39 is 29.9 Å². The molecule has 22 heavy (non-hydrogen) atoms. The van der Waals surface area contributed by atoms with Crippen molar-refractivity contribution in [3.63, 3.8) is 0 Å². The minimum Gasteiger partial charge on any atom is -0.465 e. The van der Waals surface area contributed by atoms with Crippen LogP contribution in [0.4, 0.5) is 4.79 Å². The zero-order chi connectivity index (χ0) is 16.9. The summed E-state index contributed by atoms with van der Waals surface area (Å²) in [5.74, 6) is -0.518. The first-order valence-corrected chi connectivity index (χ1v) is 7.51. The number of methoxy groups -OCH3 is 1. The van der Waals surface area contributed by atoms with E-state index in [1.165, 1.54) is 18.6 Å². The molecule has 2 atom stereocenters. The summed E-state index contributed by atoms with van der Waals surface area (Å²) in [5.41, 5.74) is -0.342. The van der Waals surface area contributed by atoms with Crippen LogP contribution in [0.25, 0.3) is 0 Å². The van der Waals surface area contributed by atoms with Gasteiger partial charge in [0.2, 0.25) is 0 Å². The molecular formula is C14H21NO6S. The molecule has 7 nitrogen and oxygen atoms in total. The van der Waals surface area contributed by atoms with E-state index in [2.05, 4.69) is 10.1 Å². The second-order valence-electron chi connectivity index (χ2n) is 5.62. The second-order valence-corrected chi connectivity index (χ2v) is 6.57. The van der Waals surface area contributed by atoms with E-state index in [0.29, 0.717) is 10.4 Å². The Morgan fingerprint density at radius 2 is 2.00 bits per heavy atom. The highest BCUT2D eigenvalue weighted by molar-refractivity contribution is 7.10. The molecule has 124 valence electrons. The van der Waals surface area contributed by atoms with Gasteiger partial charge in [-0.25, -0.2) is 9.59 Å². The number of rotatable bonds is 5. The topological polar surface area (TPSA) is 105 Å². The molecule has 1 aromatic heterocycles. The van der Waals surface area contributed by atoms with Crippen molar-refractivity contribution in [3.05, 3.63) is 21.9 Å². The lowest BCUT2D eigenvalue weighted by Crippen LogP contribution is -2.38. The number of thiophene rings is 1. The van der Waals surface area contributed by atoms with E-state index in [1.54, 1.807) is 20.8 Å². The highest BCUT2D eigenvalue weighted by Crippen LogP contribution is 2.25. The Labute approximate surface area is 132 Å². The molecule has 2 unspecified atom stereocenters. The Bertz CT molecular complexity index is 522. The Morgan fingerprint density at radius 3 is 2.55 bits per heavy atom. The monoisotopic (exact) mass is 331 g/mol. The van der Waals surface area contributed by atoms with Crippen LogP contribution in [-0.2, 0) is 9.47 Å². The Balaban J connectivity index is 2.54. The third-order valence-electron chi connectivity index (χ3n) is 2.55. The number of carbonyl (C=O) groups excluding carboxylic acids is 2. The Hall–Kier alpha value is -1.64. The van der Waals surface area contributed by atoms with Gasteiger partial charge in [-0.05, 0) is 26.8 Å². The zero-order valence-corrected chi connectivity index (χ0v) is 13.8. The van der Waals surface area contributed by atoms with Crippen LogP contribution >= 0.6 is 11.3 Å². The molecule has 1 rings (SSSR count). The van der Waals surface area contributed by atoms with Gasteiger partial charge in [-0.2, -0.15) is 0 Å². The molecule has 0 spiro atoms. The van der Waals surface area contributed by atoms with Gasteiger partial charge in [-0.15, -0.1) is 11.3 Å². The molecule has 0 aromatic carbocycles. The van der Waals surface area contributed by atoms with Crippen LogP contribution in [0, 0.1) is 0 Å². The zero-order valence-electron chi connectivity index (χ0n) is 13.0. The molecule has 8 heteroatoms. The van der Waals surface area contributed by atoms with Crippen molar-refractivity contribution in [3.8, 4) is 0 Å². The number of aliphatic hydroxyl groups is 2. The van der Waals surface area contributed by atoms with Crippen LogP contribution in [0.2, 0.25) is 0 Å². The van der Waals surface area contributed by atoms with Crippen LogP contribution in [0.15, 0.2) is 11.4 Å². The van der Waals surface area contributed by atoms with Gasteiger partial charge in [0.05, 0.1) is 12.7 Å². The summed E-state index contributed by atoms with van der Waals surface area (Å²) in [4.78, 5) is 23.2. The van der Waals surface area contributed by atoms with E-state index in [4.69, 9.17) is 4.74 Å². The van der Waals surface area contributed by atoms with E-state index in [0.717, 1.165) is 11.3 Å². The Kier molecular flexibility index (Phi) is 6.34. The van der Waals surface area contributed by atoms with Gasteiger partial charge in [-0.3, -0.25) is 0 Å². The summed E-state index contributed by atoms with van der Waals surface area (Å²) >= 11 is 1.12. The lowest BCUT2D eigenvalue weighted by molar-refractivity contribution is 0.0146. The molecule has 0 radical (unpaired) electrons. The minimum atomic E-state index is -1.23. The largest absolute Gasteiger partial charge is 0.465 e. The predicted octanol–water partition coefficient (Wildman–Crippen LogP) is 1.45. The lowest BCUT2D eigenvalue weighted by atomic mass is 10.1. The summed E-state index contributed by atoms with van der Waals surface area (Å²) in [7, 11) is 1.26. The molecule has 1 amide bonds. The average Bonchev–Trinajstić information content (AvgIpc) is 2.90. The molecule has 0 aliphatic rings. The van der Waals surface area contributed by atoms with Crippen molar-refractivity contribution in [1.82, 2.24) is 5.32 Å². The van der Waals surface area contributed by atoms with Crippen LogP contribution in [0.1, 0.15) is 42.1 Å². The van der Waals surface area contributed by atoms with Crippen molar-refractivity contribution in [2.45, 2.75) is 38.6 Å². The minimum absolute atomic E-state index is 0.179. The molecule has 0 fully saturated rings. The highest BCUT2D eigenvalue weighted by Gasteiger charge is 2.23. The predicted molar refractivity (Wildman–Crippen MR) is 80.9 cm³/mol. The number of alkyl carbamates (subject to hydrolysis) is 1. The van der Waals surface area contributed by atoms with Gasteiger partial charge in [-0.1, -0.05) is 0 Å². The molecule has 3 N–H and O–H groups in total. The third-order valence-corrected chi connectivity index (χ3v) is 3.55. The fraction of sp³-hybridized carbons (Fsp3) is 0.571. The fourth-order valence-corrected chi connectivity index (χ4v) is 2.45. The van der Waals surface area contributed by atoms with Crippen molar-refractivity contribution < 1.29 is 29.3 Å². The summed E-state index contributed by atoms with van der Waals surface area (Å²) in [5, 5.41) is 23.8. The quantitative estimate of drug-likeness (QED) is 0.705. The molecule has 0 aliphatic heterocycles. The SMILES string of the molecule is COC(=O)c1csc(C(O)C(O)CNC(=O)OC(C)(C)C)c1. The van der Waals surface area contributed by atoms with Gasteiger partial charge in [0.25, 0.3) is 0 Å². The Morgan fingerprint density at radius 1 is 1.36 bits per heavy atom. The first-order valence-electron chi connectivity index (χ1n) is 6.63. The maximum atomic E-state index is 11.5. The smallest absolute Gasteiger partial charge is 0.407 e. The summed E-state index contributed by atoms with van der Waals surface area (Å²) in [6.45, 7) is 4.98. The lowest BCUT2D eigenvalue weighted by Gasteiger charge is -2.21. The maximum Gasteiger partial charge on any atom is 0.407 e. The second kappa shape index (κ2) is 7.57. The number of hydrogen-bond acceptors (Lipinski definition) is 7. The number of hydrogen-bond donors (Lipinski definition) is 3. The molecule has 0 bridgehead atoms. The van der Waals surface area contributed by atoms with E-state index in [1.807, 2.05) is 0 Å². The third kappa shape index (κ3) is 5.63. The highest BCUT2D eigenvalue weighted by atomic mass is 32.1. The van der Waals surface area contributed by atoms with Gasteiger partial charge >= 0.3 is 12.1 Å². The fourth-order valence-electron chi connectivity index (χ4n) is 1.54. The van der Waals surface area contributed by atoms with Gasteiger partial charge in [0.1, 0.15) is 17.8 Å². The van der Waals surface area contributed by atoms with Crippen molar-refractivity contribution >= 4 is 23.4 Å². The normalized spacial score (nSPS) is 14.1. The van der Waals surface area contributed by atoms with Crippen molar-refractivity contribution in [2.24, 2.45) is 0 Å². The molecule has 1 heterocycles.